The zero-order valence-corrected chi connectivity index (χ0v) is 8.08. The molecule has 0 atom stereocenters. The van der Waals surface area contributed by atoms with E-state index in [-0.39, 0.29) is 5.91 Å². The molecule has 1 aliphatic rings. The van der Waals surface area contributed by atoms with Crippen molar-refractivity contribution in [1.29, 1.82) is 0 Å². The Morgan fingerprint density at radius 2 is 2.08 bits per heavy atom. The van der Waals surface area contributed by atoms with Crippen molar-refractivity contribution in [2.45, 2.75) is 32.6 Å². The molecule has 0 aliphatic carbocycles. The molecule has 0 bridgehead atoms. The highest BCUT2D eigenvalue weighted by atomic mass is 16.2. The first kappa shape index (κ1) is 10.2. The summed E-state index contributed by atoms with van der Waals surface area (Å²) in [5, 5.41) is 0. The SMILES string of the molecule is CC(=O)N1CCC(CC[C]=O)CC1. The molecule has 73 valence electrons. The molecule has 0 aromatic carbocycles. The van der Waals surface area contributed by atoms with E-state index in [0.29, 0.717) is 12.3 Å². The molecular formula is C10H16NO2. The minimum Gasteiger partial charge on any atom is -0.343 e. The Labute approximate surface area is 79.1 Å². The molecule has 1 heterocycles. The molecule has 3 nitrogen and oxygen atoms in total. The number of amides is 1. The number of likely N-dealkylation sites (tertiary alicyclic amines) is 1. The molecule has 0 spiro atoms. The average molecular weight is 182 g/mol. The van der Waals surface area contributed by atoms with E-state index >= 15 is 0 Å². The van der Waals surface area contributed by atoms with E-state index in [4.69, 9.17) is 0 Å². The summed E-state index contributed by atoms with van der Waals surface area (Å²) >= 11 is 0. The molecule has 1 saturated heterocycles. The number of rotatable bonds is 3. The second-order valence-electron chi connectivity index (χ2n) is 3.63. The lowest BCUT2D eigenvalue weighted by Gasteiger charge is -2.30. The van der Waals surface area contributed by atoms with Gasteiger partial charge in [0.15, 0.2) is 6.29 Å². The van der Waals surface area contributed by atoms with Gasteiger partial charge in [0.25, 0.3) is 0 Å². The normalized spacial score (nSPS) is 18.7. The van der Waals surface area contributed by atoms with Crippen LogP contribution in [0.25, 0.3) is 0 Å². The van der Waals surface area contributed by atoms with E-state index in [0.717, 1.165) is 32.4 Å². The Hall–Kier alpha value is -0.860. The summed E-state index contributed by atoms with van der Waals surface area (Å²) in [6.45, 7) is 3.33. The first-order valence-electron chi connectivity index (χ1n) is 4.84. The highest BCUT2D eigenvalue weighted by Gasteiger charge is 2.19. The van der Waals surface area contributed by atoms with Crippen LogP contribution in [-0.2, 0) is 9.59 Å². The van der Waals surface area contributed by atoms with E-state index in [9.17, 15) is 9.59 Å². The lowest BCUT2D eigenvalue weighted by atomic mass is 9.92. The van der Waals surface area contributed by atoms with Crippen molar-refractivity contribution in [3.63, 3.8) is 0 Å². The van der Waals surface area contributed by atoms with Crippen LogP contribution < -0.4 is 0 Å². The van der Waals surface area contributed by atoms with Crippen molar-refractivity contribution in [2.24, 2.45) is 5.92 Å². The van der Waals surface area contributed by atoms with Crippen LogP contribution >= 0.6 is 0 Å². The molecule has 1 amide bonds. The molecule has 1 rings (SSSR count). The monoisotopic (exact) mass is 182 g/mol. The number of nitrogens with zero attached hydrogens (tertiary/aromatic N) is 1. The van der Waals surface area contributed by atoms with Gasteiger partial charge in [-0.2, -0.15) is 0 Å². The summed E-state index contributed by atoms with van der Waals surface area (Å²) in [4.78, 5) is 22.9. The first-order valence-corrected chi connectivity index (χ1v) is 4.84. The fraction of sp³-hybridized carbons (Fsp3) is 0.800. The third-order valence-corrected chi connectivity index (χ3v) is 2.71. The molecule has 1 aliphatic heterocycles. The summed E-state index contributed by atoms with van der Waals surface area (Å²) in [5.74, 6) is 0.789. The van der Waals surface area contributed by atoms with Crippen LogP contribution in [-0.4, -0.2) is 30.2 Å². The van der Waals surface area contributed by atoms with E-state index in [1.165, 1.54) is 0 Å². The average Bonchev–Trinajstić information content (AvgIpc) is 2.15. The van der Waals surface area contributed by atoms with Crippen molar-refractivity contribution in [2.75, 3.05) is 13.1 Å². The molecule has 0 saturated carbocycles. The van der Waals surface area contributed by atoms with Gasteiger partial charge in [0.05, 0.1) is 0 Å². The molecule has 0 aromatic rings. The van der Waals surface area contributed by atoms with Crippen molar-refractivity contribution < 1.29 is 9.59 Å². The summed E-state index contributed by atoms with van der Waals surface area (Å²) in [6, 6.07) is 0. The lowest BCUT2D eigenvalue weighted by molar-refractivity contribution is -0.130. The zero-order chi connectivity index (χ0) is 9.68. The molecule has 0 aromatic heterocycles. The van der Waals surface area contributed by atoms with Crippen molar-refractivity contribution in [3.8, 4) is 0 Å². The fourth-order valence-electron chi connectivity index (χ4n) is 1.80. The van der Waals surface area contributed by atoms with Gasteiger partial charge in [0, 0.05) is 26.4 Å². The van der Waals surface area contributed by atoms with Crippen LogP contribution in [0.1, 0.15) is 32.6 Å². The largest absolute Gasteiger partial charge is 0.343 e. The third-order valence-electron chi connectivity index (χ3n) is 2.71. The zero-order valence-electron chi connectivity index (χ0n) is 8.08. The molecule has 1 radical (unpaired) electrons. The fourth-order valence-corrected chi connectivity index (χ4v) is 1.80. The maximum atomic E-state index is 11.0. The Morgan fingerprint density at radius 1 is 1.46 bits per heavy atom. The number of carbonyl (C=O) groups excluding carboxylic acids is 2. The summed E-state index contributed by atoms with van der Waals surface area (Å²) in [7, 11) is 0. The molecular weight excluding hydrogens is 166 g/mol. The van der Waals surface area contributed by atoms with Gasteiger partial charge in [-0.1, -0.05) is 0 Å². The first-order chi connectivity index (χ1) is 6.24. The van der Waals surface area contributed by atoms with Gasteiger partial charge >= 0.3 is 0 Å². The van der Waals surface area contributed by atoms with Crippen LogP contribution in [0.4, 0.5) is 0 Å². The Balaban J connectivity index is 2.22. The lowest BCUT2D eigenvalue weighted by Crippen LogP contribution is -2.36. The molecule has 3 heteroatoms. The van der Waals surface area contributed by atoms with Crippen molar-refractivity contribution >= 4 is 12.2 Å². The van der Waals surface area contributed by atoms with Gasteiger partial charge in [0.1, 0.15) is 0 Å². The van der Waals surface area contributed by atoms with E-state index in [1.54, 1.807) is 6.92 Å². The second-order valence-corrected chi connectivity index (χ2v) is 3.63. The molecule has 0 N–H and O–H groups in total. The minimum atomic E-state index is 0.167. The van der Waals surface area contributed by atoms with E-state index < -0.39 is 0 Å². The van der Waals surface area contributed by atoms with Crippen LogP contribution in [0.15, 0.2) is 0 Å². The maximum Gasteiger partial charge on any atom is 0.219 e. The van der Waals surface area contributed by atoms with Gasteiger partial charge in [-0.05, 0) is 25.2 Å². The molecule has 0 unspecified atom stereocenters. The number of hydrogen-bond acceptors (Lipinski definition) is 2. The van der Waals surface area contributed by atoms with Gasteiger partial charge in [-0.15, -0.1) is 0 Å². The summed E-state index contributed by atoms with van der Waals surface area (Å²) in [6.07, 6.45) is 5.49. The smallest absolute Gasteiger partial charge is 0.219 e. The molecule has 13 heavy (non-hydrogen) atoms. The van der Waals surface area contributed by atoms with Gasteiger partial charge in [-0.25, -0.2) is 0 Å². The summed E-state index contributed by atoms with van der Waals surface area (Å²) < 4.78 is 0. The quantitative estimate of drug-likeness (QED) is 0.656. The van der Waals surface area contributed by atoms with Crippen LogP contribution in [0.2, 0.25) is 0 Å². The van der Waals surface area contributed by atoms with Crippen LogP contribution in [0.5, 0.6) is 0 Å². The molecule has 1 fully saturated rings. The number of carbonyl (C=O) groups is 1. The van der Waals surface area contributed by atoms with Crippen LogP contribution in [0.3, 0.4) is 0 Å². The van der Waals surface area contributed by atoms with Crippen molar-refractivity contribution in [1.82, 2.24) is 4.90 Å². The Bertz CT molecular complexity index is 183. The predicted octanol–water partition coefficient (Wildman–Crippen LogP) is 1.13. The second kappa shape index (κ2) is 5.00. The predicted molar refractivity (Wildman–Crippen MR) is 49.9 cm³/mol. The highest BCUT2D eigenvalue weighted by molar-refractivity contribution is 5.73. The van der Waals surface area contributed by atoms with E-state index in [1.807, 2.05) is 11.2 Å². The van der Waals surface area contributed by atoms with Gasteiger partial charge in [-0.3, -0.25) is 9.59 Å². The van der Waals surface area contributed by atoms with E-state index in [2.05, 4.69) is 0 Å². The number of hydrogen-bond donors (Lipinski definition) is 0. The highest BCUT2D eigenvalue weighted by Crippen LogP contribution is 2.21. The van der Waals surface area contributed by atoms with Crippen LogP contribution in [0, 0.1) is 5.92 Å². The Kier molecular flexibility index (Phi) is 3.93. The van der Waals surface area contributed by atoms with Gasteiger partial charge in [0.2, 0.25) is 5.91 Å². The Morgan fingerprint density at radius 3 is 2.54 bits per heavy atom. The van der Waals surface area contributed by atoms with Crippen molar-refractivity contribution in [3.05, 3.63) is 0 Å². The third kappa shape index (κ3) is 3.17. The minimum absolute atomic E-state index is 0.167. The maximum absolute atomic E-state index is 11.0. The topological polar surface area (TPSA) is 37.4 Å². The number of piperidine rings is 1. The van der Waals surface area contributed by atoms with Gasteiger partial charge < -0.3 is 4.90 Å². The standard InChI is InChI=1S/C10H16NO2/c1-9(13)11-6-4-10(5-7-11)3-2-8-12/h10H,2-7H2,1H3. The summed E-state index contributed by atoms with van der Waals surface area (Å²) in [5.41, 5.74) is 0.